The summed E-state index contributed by atoms with van der Waals surface area (Å²) >= 11 is 0. The summed E-state index contributed by atoms with van der Waals surface area (Å²) in [6.45, 7) is 1.72. The molecule has 0 saturated carbocycles. The molecule has 0 unspecified atom stereocenters. The number of aryl methyl sites for hydroxylation is 1. The van der Waals surface area contributed by atoms with Crippen LogP contribution in [-0.4, -0.2) is 37.1 Å². The smallest absolute Gasteiger partial charge is 0.226 e. The molecule has 0 aromatic carbocycles. The van der Waals surface area contributed by atoms with Gasteiger partial charge in [0, 0.05) is 26.4 Å². The first kappa shape index (κ1) is 13.6. The number of rotatable bonds is 9. The van der Waals surface area contributed by atoms with Crippen molar-refractivity contribution in [2.45, 2.75) is 25.7 Å². The molecule has 0 radical (unpaired) electrons. The van der Waals surface area contributed by atoms with Crippen LogP contribution < -0.4 is 0 Å². The monoisotopic (exact) mass is 239 g/mol. The van der Waals surface area contributed by atoms with Crippen LogP contribution in [0.3, 0.4) is 0 Å². The molecule has 0 N–H and O–H groups in total. The molecule has 1 heterocycles. The largest absolute Gasteiger partial charge is 0.382 e. The Morgan fingerprint density at radius 2 is 2.18 bits per heavy atom. The molecule has 94 valence electrons. The lowest BCUT2D eigenvalue weighted by molar-refractivity contribution is 0.0714. The van der Waals surface area contributed by atoms with Crippen molar-refractivity contribution in [3.05, 3.63) is 11.7 Å². The molecule has 0 fully saturated rings. The fourth-order valence-corrected chi connectivity index (χ4v) is 1.22. The first-order valence-electron chi connectivity index (χ1n) is 5.62. The number of hydrogen-bond donors (Lipinski definition) is 0. The van der Waals surface area contributed by atoms with Gasteiger partial charge in [0.25, 0.3) is 0 Å². The highest BCUT2D eigenvalue weighted by atomic mass is 16.5. The van der Waals surface area contributed by atoms with E-state index >= 15 is 0 Å². The second-order valence-corrected chi connectivity index (χ2v) is 3.47. The topological polar surface area (TPSA) is 81.2 Å². The minimum atomic E-state index is 0.512. The summed E-state index contributed by atoms with van der Waals surface area (Å²) in [5.41, 5.74) is 0. The summed E-state index contributed by atoms with van der Waals surface area (Å²) in [5, 5.41) is 12.2. The molecule has 0 amide bonds. The van der Waals surface area contributed by atoms with Gasteiger partial charge in [0.1, 0.15) is 0 Å². The molecule has 6 heteroatoms. The fraction of sp³-hybridized carbons (Fsp3) is 0.727. The molecule has 0 saturated heterocycles. The molecular weight excluding hydrogens is 222 g/mol. The van der Waals surface area contributed by atoms with E-state index in [1.165, 1.54) is 0 Å². The minimum Gasteiger partial charge on any atom is -0.382 e. The van der Waals surface area contributed by atoms with Gasteiger partial charge in [0.15, 0.2) is 5.82 Å². The molecule has 0 aliphatic heterocycles. The van der Waals surface area contributed by atoms with Crippen LogP contribution in [0.1, 0.15) is 24.6 Å². The van der Waals surface area contributed by atoms with Gasteiger partial charge in [0.2, 0.25) is 5.89 Å². The highest BCUT2D eigenvalue weighted by molar-refractivity contribution is 4.87. The van der Waals surface area contributed by atoms with Gasteiger partial charge >= 0.3 is 0 Å². The van der Waals surface area contributed by atoms with E-state index in [0.29, 0.717) is 50.8 Å². The standard InChI is InChI=1S/C11H17N3O3/c1-15-8-9-16-7-5-10-13-11(17-14-10)4-2-3-6-12/h2-5,7-9H2,1H3. The second-order valence-electron chi connectivity index (χ2n) is 3.47. The van der Waals surface area contributed by atoms with Gasteiger partial charge < -0.3 is 14.0 Å². The van der Waals surface area contributed by atoms with Crippen LogP contribution in [0.5, 0.6) is 0 Å². The van der Waals surface area contributed by atoms with Gasteiger partial charge in [-0.15, -0.1) is 0 Å². The lowest BCUT2D eigenvalue weighted by Crippen LogP contribution is -2.05. The first-order chi connectivity index (χ1) is 8.36. The molecule has 0 bridgehead atoms. The van der Waals surface area contributed by atoms with Crippen LogP contribution in [0.25, 0.3) is 0 Å². The third-order valence-electron chi connectivity index (χ3n) is 2.09. The summed E-state index contributed by atoms with van der Waals surface area (Å²) in [4.78, 5) is 4.20. The molecule has 1 rings (SSSR count). The molecule has 0 aliphatic carbocycles. The Bertz CT molecular complexity index is 346. The lowest BCUT2D eigenvalue weighted by Gasteiger charge is -1.99. The Hall–Kier alpha value is -1.45. The average Bonchev–Trinajstić information content (AvgIpc) is 2.77. The number of aromatic nitrogens is 2. The zero-order valence-electron chi connectivity index (χ0n) is 10.0. The van der Waals surface area contributed by atoms with Crippen LogP contribution in [-0.2, 0) is 22.3 Å². The van der Waals surface area contributed by atoms with Crippen molar-refractivity contribution in [2.75, 3.05) is 26.9 Å². The van der Waals surface area contributed by atoms with Crippen molar-refractivity contribution in [3.63, 3.8) is 0 Å². The van der Waals surface area contributed by atoms with Gasteiger partial charge in [-0.25, -0.2) is 0 Å². The van der Waals surface area contributed by atoms with Crippen molar-refractivity contribution in [1.29, 1.82) is 5.26 Å². The molecule has 0 spiro atoms. The SMILES string of the molecule is COCCOCCc1noc(CCCC#N)n1. The zero-order chi connectivity index (χ0) is 12.3. The van der Waals surface area contributed by atoms with Crippen LogP contribution in [0.15, 0.2) is 4.52 Å². The van der Waals surface area contributed by atoms with E-state index in [9.17, 15) is 0 Å². The Labute approximate surface area is 101 Å². The minimum absolute atomic E-state index is 0.512. The molecule has 0 aliphatic rings. The summed E-state index contributed by atoms with van der Waals surface area (Å²) in [6, 6.07) is 2.08. The summed E-state index contributed by atoms with van der Waals surface area (Å²) in [6.07, 6.45) is 2.55. The van der Waals surface area contributed by atoms with Gasteiger partial charge in [-0.1, -0.05) is 5.16 Å². The van der Waals surface area contributed by atoms with Crippen LogP contribution in [0, 0.1) is 11.3 Å². The van der Waals surface area contributed by atoms with E-state index in [2.05, 4.69) is 16.2 Å². The van der Waals surface area contributed by atoms with E-state index < -0.39 is 0 Å². The van der Waals surface area contributed by atoms with Crippen molar-refractivity contribution in [2.24, 2.45) is 0 Å². The van der Waals surface area contributed by atoms with E-state index in [0.717, 1.165) is 6.42 Å². The van der Waals surface area contributed by atoms with Crippen LogP contribution in [0.4, 0.5) is 0 Å². The quantitative estimate of drug-likeness (QED) is 0.601. The van der Waals surface area contributed by atoms with Crippen molar-refractivity contribution in [1.82, 2.24) is 10.1 Å². The zero-order valence-corrected chi connectivity index (χ0v) is 10.0. The summed E-state index contributed by atoms with van der Waals surface area (Å²) in [7, 11) is 1.63. The van der Waals surface area contributed by atoms with Gasteiger partial charge in [-0.2, -0.15) is 10.2 Å². The number of methoxy groups -OCH3 is 1. The lowest BCUT2D eigenvalue weighted by atomic mass is 10.2. The number of hydrogen-bond acceptors (Lipinski definition) is 6. The van der Waals surface area contributed by atoms with Gasteiger partial charge in [0.05, 0.1) is 25.9 Å². The summed E-state index contributed by atoms with van der Waals surface area (Å²) in [5.74, 6) is 1.24. The Morgan fingerprint density at radius 3 is 2.94 bits per heavy atom. The number of ether oxygens (including phenoxy) is 2. The Morgan fingerprint density at radius 1 is 1.29 bits per heavy atom. The van der Waals surface area contributed by atoms with Crippen molar-refractivity contribution in [3.8, 4) is 6.07 Å². The van der Waals surface area contributed by atoms with Crippen LogP contribution in [0.2, 0.25) is 0 Å². The normalized spacial score (nSPS) is 10.4. The average molecular weight is 239 g/mol. The molecular formula is C11H17N3O3. The maximum absolute atomic E-state index is 8.39. The maximum atomic E-state index is 8.39. The molecule has 6 nitrogen and oxygen atoms in total. The predicted octanol–water partition coefficient (Wildman–Crippen LogP) is 1.12. The highest BCUT2D eigenvalue weighted by Crippen LogP contribution is 2.03. The van der Waals surface area contributed by atoms with E-state index in [4.69, 9.17) is 19.3 Å². The van der Waals surface area contributed by atoms with Gasteiger partial charge in [-0.3, -0.25) is 0 Å². The number of nitriles is 1. The van der Waals surface area contributed by atoms with E-state index in [1.807, 2.05) is 0 Å². The maximum Gasteiger partial charge on any atom is 0.226 e. The molecule has 1 aromatic heterocycles. The third kappa shape index (κ3) is 6.00. The predicted molar refractivity (Wildman–Crippen MR) is 59.2 cm³/mol. The van der Waals surface area contributed by atoms with Crippen molar-refractivity contribution < 1.29 is 14.0 Å². The van der Waals surface area contributed by atoms with E-state index in [-0.39, 0.29) is 0 Å². The second kappa shape index (κ2) is 8.67. The van der Waals surface area contributed by atoms with Crippen molar-refractivity contribution >= 4 is 0 Å². The molecule has 1 aromatic rings. The Kier molecular flexibility index (Phi) is 6.95. The third-order valence-corrected chi connectivity index (χ3v) is 2.09. The van der Waals surface area contributed by atoms with E-state index in [1.54, 1.807) is 7.11 Å². The highest BCUT2D eigenvalue weighted by Gasteiger charge is 2.05. The first-order valence-corrected chi connectivity index (χ1v) is 5.62. The summed E-state index contributed by atoms with van der Waals surface area (Å²) < 4.78 is 15.2. The van der Waals surface area contributed by atoms with Crippen LogP contribution >= 0.6 is 0 Å². The number of nitrogens with zero attached hydrogens (tertiary/aromatic N) is 3. The Balaban J connectivity index is 2.15. The molecule has 17 heavy (non-hydrogen) atoms. The van der Waals surface area contributed by atoms with Gasteiger partial charge in [-0.05, 0) is 6.42 Å². The molecule has 0 atom stereocenters. The number of unbranched alkanes of at least 4 members (excludes halogenated alkanes) is 1. The fourth-order valence-electron chi connectivity index (χ4n) is 1.22.